The number of β-lactam (4-membered cyclic amide) rings is 1. The fourth-order valence-corrected chi connectivity index (χ4v) is 8.48. The molecule has 0 aliphatic carbocycles. The first kappa shape index (κ1) is 28.8. The summed E-state index contributed by atoms with van der Waals surface area (Å²) in [5, 5.41) is 20.6. The number of aliphatic hydroxyl groups is 1. The average Bonchev–Trinajstić information content (AvgIpc) is 3.60. The first-order valence-electron chi connectivity index (χ1n) is 13.3. The molecule has 6 rings (SSSR count). The predicted octanol–water partition coefficient (Wildman–Crippen LogP) is 3.35. The quantitative estimate of drug-likeness (QED) is 0.223. The van der Waals surface area contributed by atoms with Crippen molar-refractivity contribution in [3.63, 3.8) is 0 Å². The Morgan fingerprint density at radius 2 is 1.77 bits per heavy atom. The van der Waals surface area contributed by atoms with Crippen molar-refractivity contribution < 1.29 is 37.8 Å². The minimum Gasteiger partial charge on any atom is -0.477 e. The van der Waals surface area contributed by atoms with Gasteiger partial charge < -0.3 is 19.8 Å². The van der Waals surface area contributed by atoms with E-state index >= 15 is 0 Å². The number of hydrogen-bond acceptors (Lipinski definition) is 9. The van der Waals surface area contributed by atoms with E-state index < -0.39 is 51.2 Å². The van der Waals surface area contributed by atoms with Gasteiger partial charge in [0.25, 0.3) is 0 Å². The highest BCUT2D eigenvalue weighted by atomic mass is 32.2. The van der Waals surface area contributed by atoms with Crippen LogP contribution in [-0.2, 0) is 24.2 Å². The number of imidazole rings is 1. The number of carboxylic acids is 1. The third kappa shape index (κ3) is 4.55. The highest BCUT2D eigenvalue weighted by Gasteiger charge is 2.67. The lowest BCUT2D eigenvalue weighted by molar-refractivity contribution is -0.167. The van der Waals surface area contributed by atoms with Gasteiger partial charge in [0, 0.05) is 18.0 Å². The van der Waals surface area contributed by atoms with Gasteiger partial charge in [0.2, 0.25) is 5.91 Å². The standard InChI is InChI=1S/C30H27N3O8S2/c1-16(34)21-24-30(2,14-41-29(38)19-11-9-18(10-12-19)17-7-5-4-6-8-17)22(23(28(36)37)33(24)26(21)35)20-13-32-15-31-25(27(32)42-20)43(3,39)40/h4-13,15-16,21,24,34H,14H2,1-3H3,(H,36,37)/t16-,21-,24-,30+/m1/s1. The van der Waals surface area contributed by atoms with E-state index in [1.807, 2.05) is 30.3 Å². The van der Waals surface area contributed by atoms with Crippen LogP contribution in [0.15, 0.2) is 77.8 Å². The molecule has 2 aromatic heterocycles. The van der Waals surface area contributed by atoms with Gasteiger partial charge in [0.05, 0.1) is 33.9 Å². The summed E-state index contributed by atoms with van der Waals surface area (Å²) < 4.78 is 31.9. The predicted molar refractivity (Wildman–Crippen MR) is 157 cm³/mol. The number of thiazole rings is 1. The van der Waals surface area contributed by atoms with E-state index in [1.54, 1.807) is 37.4 Å². The molecule has 1 saturated heterocycles. The first-order chi connectivity index (χ1) is 20.3. The maximum atomic E-state index is 13.2. The Morgan fingerprint density at radius 1 is 1.12 bits per heavy atom. The van der Waals surface area contributed by atoms with Gasteiger partial charge in [0.1, 0.15) is 23.5 Å². The molecule has 43 heavy (non-hydrogen) atoms. The minimum absolute atomic E-state index is 0.160. The number of nitrogens with zero attached hydrogens (tertiary/aromatic N) is 3. The molecule has 4 heterocycles. The minimum atomic E-state index is -3.69. The van der Waals surface area contributed by atoms with Gasteiger partial charge in [-0.15, -0.1) is 11.3 Å². The third-order valence-electron chi connectivity index (χ3n) is 8.07. The van der Waals surface area contributed by atoms with Crippen molar-refractivity contribution in [3.05, 3.63) is 83.3 Å². The maximum Gasteiger partial charge on any atom is 0.352 e. The number of carbonyl (C=O) groups is 3. The van der Waals surface area contributed by atoms with Gasteiger partial charge in [-0.05, 0) is 30.2 Å². The van der Waals surface area contributed by atoms with Gasteiger partial charge in [-0.3, -0.25) is 9.20 Å². The number of hydrogen-bond donors (Lipinski definition) is 2. The number of esters is 1. The van der Waals surface area contributed by atoms with Gasteiger partial charge in [-0.25, -0.2) is 23.0 Å². The normalized spacial score (nSPS) is 22.4. The maximum absolute atomic E-state index is 13.2. The second-order valence-corrected chi connectivity index (χ2v) is 14.0. The van der Waals surface area contributed by atoms with Crippen LogP contribution in [0.4, 0.5) is 0 Å². The Labute approximate surface area is 250 Å². The number of benzene rings is 2. The van der Waals surface area contributed by atoms with Crippen LogP contribution in [0.25, 0.3) is 21.5 Å². The molecule has 1 fully saturated rings. The highest BCUT2D eigenvalue weighted by molar-refractivity contribution is 7.91. The number of sulfone groups is 1. The van der Waals surface area contributed by atoms with Gasteiger partial charge >= 0.3 is 11.9 Å². The molecule has 0 spiro atoms. The van der Waals surface area contributed by atoms with E-state index in [0.29, 0.717) is 4.88 Å². The molecule has 1 amide bonds. The van der Waals surface area contributed by atoms with Crippen LogP contribution in [0.3, 0.4) is 0 Å². The Morgan fingerprint density at radius 3 is 2.37 bits per heavy atom. The zero-order valence-corrected chi connectivity index (χ0v) is 24.9. The number of amides is 1. The second-order valence-electron chi connectivity index (χ2n) is 11.0. The van der Waals surface area contributed by atoms with Gasteiger partial charge in [0.15, 0.2) is 14.9 Å². The molecule has 2 aliphatic heterocycles. The smallest absolute Gasteiger partial charge is 0.352 e. The largest absolute Gasteiger partial charge is 0.477 e. The summed E-state index contributed by atoms with van der Waals surface area (Å²) in [4.78, 5) is 44.8. The Hall–Kier alpha value is -4.33. The van der Waals surface area contributed by atoms with E-state index in [1.165, 1.54) is 17.7 Å². The molecular weight excluding hydrogens is 594 g/mol. The lowest BCUT2D eigenvalue weighted by Gasteiger charge is -2.50. The van der Waals surface area contributed by atoms with Crippen LogP contribution in [0, 0.1) is 11.3 Å². The summed E-state index contributed by atoms with van der Waals surface area (Å²) in [6, 6.07) is 15.7. The zero-order chi connectivity index (χ0) is 30.8. The number of fused-ring (bicyclic) bond motifs is 2. The summed E-state index contributed by atoms with van der Waals surface area (Å²) in [6.07, 6.45) is 2.80. The SMILES string of the molecule is C[C@@H](O)[C@H]1C(=O)N2C(C(=O)O)=C(c3cn4cnc(S(C)(=O)=O)c4s3)[C@](C)(COC(=O)c3ccc(-c4ccccc4)cc3)[C@@H]12. The lowest BCUT2D eigenvalue weighted by Crippen LogP contribution is -2.66. The van der Waals surface area contributed by atoms with Gasteiger partial charge in [-0.2, -0.15) is 0 Å². The number of carbonyl (C=O) groups excluding carboxylic acids is 2. The van der Waals surface area contributed by atoms with E-state index in [4.69, 9.17) is 4.74 Å². The van der Waals surface area contributed by atoms with E-state index in [0.717, 1.165) is 33.6 Å². The van der Waals surface area contributed by atoms with Crippen LogP contribution in [0.2, 0.25) is 0 Å². The van der Waals surface area contributed by atoms with Crippen LogP contribution in [0.5, 0.6) is 0 Å². The van der Waals surface area contributed by atoms with Crippen molar-refractivity contribution in [2.75, 3.05) is 12.9 Å². The van der Waals surface area contributed by atoms with E-state index in [-0.39, 0.29) is 33.3 Å². The molecule has 0 radical (unpaired) electrons. The molecular formula is C30H27N3O8S2. The highest BCUT2D eigenvalue weighted by Crippen LogP contribution is 2.58. The molecule has 0 saturated carbocycles. The summed E-state index contributed by atoms with van der Waals surface area (Å²) in [6.45, 7) is 2.84. The molecule has 2 N–H and O–H groups in total. The number of rotatable bonds is 8. The molecule has 222 valence electrons. The van der Waals surface area contributed by atoms with Crippen molar-refractivity contribution in [3.8, 4) is 11.1 Å². The van der Waals surface area contributed by atoms with Crippen LogP contribution < -0.4 is 0 Å². The molecule has 2 aromatic carbocycles. The van der Waals surface area contributed by atoms with Crippen LogP contribution in [0.1, 0.15) is 29.1 Å². The van der Waals surface area contributed by atoms with Crippen molar-refractivity contribution >= 4 is 49.4 Å². The number of aliphatic carboxylic acids is 1. The Bertz CT molecular complexity index is 1930. The first-order valence-corrected chi connectivity index (χ1v) is 16.0. The van der Waals surface area contributed by atoms with Crippen LogP contribution >= 0.6 is 11.3 Å². The van der Waals surface area contributed by atoms with Crippen molar-refractivity contribution in [1.82, 2.24) is 14.3 Å². The molecule has 2 aliphatic rings. The van der Waals surface area contributed by atoms with E-state index in [9.17, 15) is 33.0 Å². The van der Waals surface area contributed by atoms with Crippen molar-refractivity contribution in [1.29, 1.82) is 0 Å². The monoisotopic (exact) mass is 621 g/mol. The van der Waals surface area contributed by atoms with Gasteiger partial charge in [-0.1, -0.05) is 49.4 Å². The summed E-state index contributed by atoms with van der Waals surface area (Å²) in [5.74, 6) is -3.50. The fraction of sp³-hybridized carbons (Fsp3) is 0.267. The lowest BCUT2D eigenvalue weighted by atomic mass is 9.67. The average molecular weight is 622 g/mol. The number of aliphatic hydroxyl groups excluding tert-OH is 1. The summed E-state index contributed by atoms with van der Waals surface area (Å²) in [7, 11) is -3.69. The zero-order valence-electron chi connectivity index (χ0n) is 23.3. The summed E-state index contributed by atoms with van der Waals surface area (Å²) >= 11 is 1.01. The molecule has 11 nitrogen and oxygen atoms in total. The number of carboxylic acid groups (broad SMARTS) is 1. The van der Waals surface area contributed by atoms with E-state index in [2.05, 4.69) is 4.98 Å². The number of aromatic nitrogens is 2. The Balaban J connectivity index is 1.39. The topological polar surface area (TPSA) is 156 Å². The molecule has 13 heteroatoms. The van der Waals surface area contributed by atoms with Crippen LogP contribution in [-0.4, -0.2) is 75.8 Å². The van der Waals surface area contributed by atoms with Crippen molar-refractivity contribution in [2.45, 2.75) is 31.0 Å². The molecule has 0 bridgehead atoms. The molecule has 4 aromatic rings. The Kier molecular flexibility index (Phi) is 6.79. The van der Waals surface area contributed by atoms with Crippen molar-refractivity contribution in [2.24, 2.45) is 11.3 Å². The second kappa shape index (κ2) is 10.1. The molecule has 0 unspecified atom stereocenters. The molecule has 4 atom stereocenters. The number of ether oxygens (including phenoxy) is 1. The summed E-state index contributed by atoms with van der Waals surface area (Å²) in [5.41, 5.74) is 0.838. The fourth-order valence-electron chi connectivity index (χ4n) is 6.09. The third-order valence-corrected chi connectivity index (χ3v) is 10.3.